The first-order chi connectivity index (χ1) is 22.8. The molecule has 5 rings (SSSR count). The highest BCUT2D eigenvalue weighted by molar-refractivity contribution is 9.10. The Hall–Kier alpha value is -4.42. The fourth-order valence-corrected chi connectivity index (χ4v) is 7.16. The summed E-state index contributed by atoms with van der Waals surface area (Å²) in [7, 11) is -4.42. The van der Waals surface area contributed by atoms with Gasteiger partial charge in [0, 0.05) is 29.0 Å². The zero-order valence-corrected chi connectivity index (χ0v) is 29.3. The van der Waals surface area contributed by atoms with E-state index in [0.717, 1.165) is 32.0 Å². The summed E-state index contributed by atoms with van der Waals surface area (Å²) < 4.78 is 55.6. The maximum atomic E-state index is 14.6. The van der Waals surface area contributed by atoms with Crippen LogP contribution in [0, 0.1) is 5.82 Å². The molecule has 48 heavy (non-hydrogen) atoms. The Labute approximate surface area is 288 Å². The van der Waals surface area contributed by atoms with Gasteiger partial charge in [0.1, 0.15) is 31.6 Å². The molecule has 0 saturated heterocycles. The first-order valence-corrected chi connectivity index (χ1v) is 17.6. The number of benzene rings is 4. The quantitative estimate of drug-likeness (QED) is 0.199. The molecule has 1 aliphatic rings. The van der Waals surface area contributed by atoms with Gasteiger partial charge in [0.15, 0.2) is 11.5 Å². The van der Waals surface area contributed by atoms with Crippen molar-refractivity contribution in [1.29, 1.82) is 0 Å². The lowest BCUT2D eigenvalue weighted by Gasteiger charge is -2.35. The van der Waals surface area contributed by atoms with Crippen LogP contribution in [0.1, 0.15) is 31.9 Å². The van der Waals surface area contributed by atoms with Crippen molar-refractivity contribution in [2.24, 2.45) is 0 Å². The summed E-state index contributed by atoms with van der Waals surface area (Å²) in [5, 5.41) is 3.01. The number of hydrogen-bond acceptors (Lipinski definition) is 6. The molecule has 0 bridgehead atoms. The molecule has 0 aliphatic carbocycles. The van der Waals surface area contributed by atoms with Gasteiger partial charge in [-0.1, -0.05) is 58.4 Å². The van der Waals surface area contributed by atoms with Crippen LogP contribution in [0.4, 0.5) is 10.1 Å². The summed E-state index contributed by atoms with van der Waals surface area (Å²) in [4.78, 5) is 29.9. The molecule has 2 amide bonds. The average molecular weight is 739 g/mol. The largest absolute Gasteiger partial charge is 0.486 e. The Morgan fingerprint density at radius 3 is 2.21 bits per heavy atom. The predicted molar refractivity (Wildman–Crippen MR) is 185 cm³/mol. The van der Waals surface area contributed by atoms with Crippen LogP contribution in [0.5, 0.6) is 11.5 Å². The molecule has 0 fully saturated rings. The van der Waals surface area contributed by atoms with Crippen LogP contribution in [0.2, 0.25) is 0 Å². The van der Waals surface area contributed by atoms with Gasteiger partial charge in [-0.2, -0.15) is 0 Å². The summed E-state index contributed by atoms with van der Waals surface area (Å²) in [5.74, 6) is -0.938. The zero-order valence-electron chi connectivity index (χ0n) is 26.9. The number of carbonyl (C=O) groups is 2. The van der Waals surface area contributed by atoms with E-state index in [0.29, 0.717) is 12.4 Å². The number of ether oxygens (including phenoxy) is 2. The summed E-state index contributed by atoms with van der Waals surface area (Å²) in [6.07, 6.45) is 0.175. The van der Waals surface area contributed by atoms with Crippen molar-refractivity contribution in [2.45, 2.75) is 50.2 Å². The normalized spacial score (nSPS) is 13.4. The van der Waals surface area contributed by atoms with Gasteiger partial charge in [-0.3, -0.25) is 13.9 Å². The van der Waals surface area contributed by atoms with Crippen LogP contribution in [-0.4, -0.2) is 56.5 Å². The lowest BCUT2D eigenvalue weighted by Crippen LogP contribution is -2.56. The third kappa shape index (κ3) is 8.73. The third-order valence-corrected chi connectivity index (χ3v) is 9.77. The smallest absolute Gasteiger partial charge is 0.264 e. The maximum absolute atomic E-state index is 14.6. The number of carbonyl (C=O) groups excluding carboxylic acids is 2. The van der Waals surface area contributed by atoms with E-state index < -0.39 is 45.8 Å². The second-order valence-electron chi connectivity index (χ2n) is 12.4. The van der Waals surface area contributed by atoms with Gasteiger partial charge in [0.25, 0.3) is 10.0 Å². The van der Waals surface area contributed by atoms with E-state index in [-0.39, 0.29) is 35.9 Å². The molecular formula is C36H37BrFN3O6S. The van der Waals surface area contributed by atoms with Gasteiger partial charge in [0.2, 0.25) is 11.8 Å². The highest BCUT2D eigenvalue weighted by atomic mass is 79.9. The molecule has 12 heteroatoms. The van der Waals surface area contributed by atoms with Crippen LogP contribution in [-0.2, 0) is 32.6 Å². The molecule has 1 N–H and O–H groups in total. The Kier molecular flexibility index (Phi) is 10.7. The Balaban J connectivity index is 1.58. The number of nitrogens with one attached hydrogen (secondary N) is 1. The SMILES string of the molecule is CC(C)(C)NC(=O)[C@@H](Cc1ccccc1)N(Cc1cccc(Br)c1)C(=O)CN(c1ccc(F)cc1)S(=O)(=O)c1ccc2c(c1)OCCO2. The minimum absolute atomic E-state index is 0.00860. The van der Waals surface area contributed by atoms with Crippen molar-refractivity contribution in [3.63, 3.8) is 0 Å². The molecule has 4 aromatic carbocycles. The number of fused-ring (bicyclic) bond motifs is 1. The van der Waals surface area contributed by atoms with Gasteiger partial charge >= 0.3 is 0 Å². The molecule has 9 nitrogen and oxygen atoms in total. The lowest BCUT2D eigenvalue weighted by molar-refractivity contribution is -0.140. The molecule has 0 radical (unpaired) electrons. The van der Waals surface area contributed by atoms with E-state index in [4.69, 9.17) is 9.47 Å². The first kappa shape index (κ1) is 34.9. The number of halogens is 2. The van der Waals surface area contributed by atoms with Crippen molar-refractivity contribution in [3.05, 3.63) is 118 Å². The standard InChI is InChI=1S/C36H37BrFN3O6S/c1-36(2,3)39-35(43)31(21-25-8-5-4-6-9-25)40(23-26-10-7-11-27(37)20-26)34(42)24-41(29-14-12-28(38)13-15-29)48(44,45)30-16-17-32-33(22-30)47-19-18-46-32/h4-17,20,22,31H,18-19,21,23-24H2,1-3H3,(H,39,43)/t31-/m1/s1. The molecule has 1 atom stereocenters. The first-order valence-electron chi connectivity index (χ1n) is 15.4. The summed E-state index contributed by atoms with van der Waals surface area (Å²) in [5.41, 5.74) is 0.999. The van der Waals surface area contributed by atoms with Gasteiger partial charge in [-0.05, 0) is 80.4 Å². The molecule has 1 heterocycles. The van der Waals surface area contributed by atoms with Crippen molar-refractivity contribution in [1.82, 2.24) is 10.2 Å². The van der Waals surface area contributed by atoms with Crippen molar-refractivity contribution in [3.8, 4) is 11.5 Å². The van der Waals surface area contributed by atoms with E-state index in [1.807, 2.05) is 75.4 Å². The van der Waals surface area contributed by atoms with E-state index in [1.54, 1.807) is 0 Å². The summed E-state index contributed by atoms with van der Waals surface area (Å²) >= 11 is 3.48. The minimum atomic E-state index is -4.42. The van der Waals surface area contributed by atoms with Crippen LogP contribution < -0.4 is 19.1 Å². The second-order valence-corrected chi connectivity index (χ2v) is 15.2. The molecule has 1 aliphatic heterocycles. The predicted octanol–water partition coefficient (Wildman–Crippen LogP) is 6.11. The van der Waals surface area contributed by atoms with E-state index in [9.17, 15) is 22.4 Å². The van der Waals surface area contributed by atoms with Gasteiger partial charge in [-0.15, -0.1) is 0 Å². The van der Waals surface area contributed by atoms with E-state index in [2.05, 4.69) is 21.2 Å². The average Bonchev–Trinajstić information content (AvgIpc) is 3.05. The zero-order chi connectivity index (χ0) is 34.5. The number of nitrogens with zero attached hydrogens (tertiary/aromatic N) is 2. The third-order valence-electron chi connectivity index (χ3n) is 7.51. The van der Waals surface area contributed by atoms with Crippen LogP contribution in [0.25, 0.3) is 0 Å². The Bertz CT molecular complexity index is 1870. The Morgan fingerprint density at radius 2 is 1.54 bits per heavy atom. The van der Waals surface area contributed by atoms with Gasteiger partial charge < -0.3 is 19.7 Å². The number of rotatable bonds is 11. The Morgan fingerprint density at radius 1 is 0.875 bits per heavy atom. The molecular weight excluding hydrogens is 701 g/mol. The van der Waals surface area contributed by atoms with Crippen LogP contribution >= 0.6 is 15.9 Å². The minimum Gasteiger partial charge on any atom is -0.486 e. The topological polar surface area (TPSA) is 105 Å². The molecule has 252 valence electrons. The van der Waals surface area contributed by atoms with Gasteiger partial charge in [0.05, 0.1) is 10.6 Å². The number of amides is 2. The van der Waals surface area contributed by atoms with Crippen molar-refractivity contribution < 1.29 is 31.9 Å². The molecule has 0 saturated carbocycles. The fraction of sp³-hybridized carbons (Fsp3) is 0.278. The van der Waals surface area contributed by atoms with Crippen LogP contribution in [0.3, 0.4) is 0 Å². The molecule has 0 spiro atoms. The van der Waals surface area contributed by atoms with E-state index in [1.165, 1.54) is 35.2 Å². The van der Waals surface area contributed by atoms with Crippen molar-refractivity contribution in [2.75, 3.05) is 24.1 Å². The van der Waals surface area contributed by atoms with Crippen LogP contribution in [0.15, 0.2) is 106 Å². The van der Waals surface area contributed by atoms with Crippen molar-refractivity contribution >= 4 is 43.5 Å². The van der Waals surface area contributed by atoms with Gasteiger partial charge in [-0.25, -0.2) is 12.8 Å². The molecule has 0 unspecified atom stereocenters. The lowest BCUT2D eigenvalue weighted by atomic mass is 10.0. The monoisotopic (exact) mass is 737 g/mol. The number of hydrogen-bond donors (Lipinski definition) is 1. The summed E-state index contributed by atoms with van der Waals surface area (Å²) in [6, 6.07) is 24.7. The fourth-order valence-electron chi connectivity index (χ4n) is 5.29. The number of anilines is 1. The summed E-state index contributed by atoms with van der Waals surface area (Å²) in [6.45, 7) is 5.46. The number of sulfonamides is 1. The highest BCUT2D eigenvalue weighted by Gasteiger charge is 2.36. The second kappa shape index (κ2) is 14.8. The molecule has 4 aromatic rings. The highest BCUT2D eigenvalue weighted by Crippen LogP contribution is 2.34. The molecule has 0 aromatic heterocycles. The maximum Gasteiger partial charge on any atom is 0.264 e. The van der Waals surface area contributed by atoms with E-state index >= 15 is 0 Å².